The average molecular weight is 434 g/mol. The van der Waals surface area contributed by atoms with Gasteiger partial charge in [-0.1, -0.05) is 12.2 Å². The van der Waals surface area contributed by atoms with Crippen LogP contribution in [0.15, 0.2) is 42.7 Å². The fourth-order valence-electron chi connectivity index (χ4n) is 3.04. The van der Waals surface area contributed by atoms with Gasteiger partial charge < -0.3 is 33.3 Å². The highest BCUT2D eigenvalue weighted by molar-refractivity contribution is 5.94. The molecule has 0 atom stereocenters. The highest BCUT2D eigenvalue weighted by atomic mass is 127. The van der Waals surface area contributed by atoms with Crippen LogP contribution in [0.25, 0.3) is 23.1 Å². The van der Waals surface area contributed by atoms with Crippen LogP contribution < -0.4 is 33.3 Å². The minimum atomic E-state index is 0. The van der Waals surface area contributed by atoms with E-state index in [0.29, 0.717) is 0 Å². The molecule has 1 aromatic carbocycles. The molecule has 4 heteroatoms. The molecule has 3 aromatic rings. The number of nitrogens with zero attached hydrogens (tertiary/aromatic N) is 2. The van der Waals surface area contributed by atoms with Crippen LogP contribution in [-0.4, -0.2) is 11.7 Å². The maximum atomic E-state index is 5.40. The van der Waals surface area contributed by atoms with Crippen LogP contribution in [0.4, 0.5) is 0 Å². The second-order valence-corrected chi connectivity index (χ2v) is 5.76. The zero-order valence-electron chi connectivity index (χ0n) is 14.6. The zero-order chi connectivity index (χ0) is 16.4. The number of aryl methyl sites for hydroxylation is 2. The molecule has 0 aliphatic heterocycles. The predicted molar refractivity (Wildman–Crippen MR) is 95.4 cm³/mol. The second-order valence-electron chi connectivity index (χ2n) is 5.76. The van der Waals surface area contributed by atoms with Gasteiger partial charge in [-0.25, -0.2) is 4.57 Å². The number of rotatable bonds is 4. The van der Waals surface area contributed by atoms with E-state index in [1.807, 2.05) is 17.7 Å². The first-order valence-electron chi connectivity index (χ1n) is 7.94. The van der Waals surface area contributed by atoms with Gasteiger partial charge in [0, 0.05) is 40.8 Å². The molecule has 0 aliphatic carbocycles. The molecule has 0 N–H and O–H groups in total. The van der Waals surface area contributed by atoms with Crippen molar-refractivity contribution in [2.75, 3.05) is 7.11 Å². The molecule has 126 valence electrons. The Hall–Kier alpha value is -1.82. The third-order valence-corrected chi connectivity index (χ3v) is 4.34. The molecule has 0 saturated heterocycles. The number of benzene rings is 1. The normalized spacial score (nSPS) is 11.0. The molecule has 2 aromatic heterocycles. The number of methoxy groups -OCH3 is 1. The van der Waals surface area contributed by atoms with E-state index in [2.05, 4.69) is 67.2 Å². The number of hydrogen-bond donors (Lipinski definition) is 0. The van der Waals surface area contributed by atoms with Gasteiger partial charge in [-0.2, -0.15) is 0 Å². The van der Waals surface area contributed by atoms with Gasteiger partial charge in [0.15, 0.2) is 12.4 Å². The van der Waals surface area contributed by atoms with Crippen molar-refractivity contribution in [2.45, 2.75) is 20.4 Å². The molecule has 0 spiro atoms. The molecule has 3 rings (SSSR count). The van der Waals surface area contributed by atoms with Gasteiger partial charge in [0.25, 0.3) is 0 Å². The Morgan fingerprint density at radius 2 is 1.83 bits per heavy atom. The number of halogens is 1. The van der Waals surface area contributed by atoms with Gasteiger partial charge in [-0.15, -0.1) is 0 Å². The van der Waals surface area contributed by atoms with Gasteiger partial charge in [0.1, 0.15) is 12.8 Å². The van der Waals surface area contributed by atoms with Crippen LogP contribution in [-0.2, 0) is 13.6 Å². The van der Waals surface area contributed by atoms with Gasteiger partial charge in [-0.3, -0.25) is 0 Å². The first kappa shape index (κ1) is 18.5. The van der Waals surface area contributed by atoms with Crippen LogP contribution in [0.5, 0.6) is 5.75 Å². The van der Waals surface area contributed by atoms with E-state index in [4.69, 9.17) is 4.74 Å². The first-order valence-corrected chi connectivity index (χ1v) is 7.94. The van der Waals surface area contributed by atoms with Crippen molar-refractivity contribution in [3.05, 3.63) is 59.5 Å². The summed E-state index contributed by atoms with van der Waals surface area (Å²) < 4.78 is 9.78. The predicted octanol–water partition coefficient (Wildman–Crippen LogP) is 0.977. The van der Waals surface area contributed by atoms with Gasteiger partial charge in [0.2, 0.25) is 0 Å². The maximum absolute atomic E-state index is 5.40. The van der Waals surface area contributed by atoms with Crippen LogP contribution in [0.3, 0.4) is 0 Å². The molecular weight excluding hydrogens is 411 g/mol. The average Bonchev–Trinajstić information content (AvgIpc) is 2.84. The van der Waals surface area contributed by atoms with E-state index >= 15 is 0 Å². The van der Waals surface area contributed by atoms with Gasteiger partial charge >= 0.3 is 0 Å². The molecule has 0 amide bonds. The van der Waals surface area contributed by atoms with Gasteiger partial charge in [0.05, 0.1) is 7.11 Å². The van der Waals surface area contributed by atoms with E-state index in [1.54, 1.807) is 7.11 Å². The van der Waals surface area contributed by atoms with Crippen molar-refractivity contribution >= 4 is 23.1 Å². The lowest BCUT2D eigenvalue weighted by Crippen LogP contribution is -3.00. The summed E-state index contributed by atoms with van der Waals surface area (Å²) in [5, 5.41) is 1.24. The number of aromatic nitrogens is 2. The SMILES string of the molecule is CCn1c(C)c(/C=C/c2cc[n+](C)cc2)c2cc(OC)ccc21.[I-]. The molecule has 0 saturated carbocycles. The summed E-state index contributed by atoms with van der Waals surface area (Å²) in [6.45, 7) is 5.33. The Bertz CT molecular complexity index is 863. The minimum absolute atomic E-state index is 0. The quantitative estimate of drug-likeness (QED) is 0.443. The van der Waals surface area contributed by atoms with Crippen molar-refractivity contribution in [3.8, 4) is 5.75 Å². The standard InChI is InChI=1S/C20H23N2O.HI/c1-5-22-15(2)18(8-6-16-10-12-21(3)13-11-16)19-14-17(23-4)7-9-20(19)22;/h6-14H,5H2,1-4H3;1H/q+1;/p-1. The number of hydrogen-bond acceptors (Lipinski definition) is 1. The third kappa shape index (κ3) is 3.48. The van der Waals surface area contributed by atoms with E-state index in [0.717, 1.165) is 12.3 Å². The molecule has 0 aliphatic rings. The topological polar surface area (TPSA) is 18.0 Å². The summed E-state index contributed by atoms with van der Waals surface area (Å²) in [6, 6.07) is 10.5. The molecule has 0 fully saturated rings. The Morgan fingerprint density at radius 1 is 1.12 bits per heavy atom. The van der Waals surface area contributed by atoms with Crippen molar-refractivity contribution in [1.29, 1.82) is 0 Å². The summed E-state index contributed by atoms with van der Waals surface area (Å²) in [7, 11) is 3.74. The minimum Gasteiger partial charge on any atom is -1.00 e. The molecule has 0 unspecified atom stereocenters. The van der Waals surface area contributed by atoms with Crippen LogP contribution in [0.2, 0.25) is 0 Å². The van der Waals surface area contributed by atoms with E-state index in [9.17, 15) is 0 Å². The number of fused-ring (bicyclic) bond motifs is 1. The largest absolute Gasteiger partial charge is 1.00 e. The summed E-state index contributed by atoms with van der Waals surface area (Å²) in [5.74, 6) is 0.895. The van der Waals surface area contributed by atoms with Crippen LogP contribution >= 0.6 is 0 Å². The monoisotopic (exact) mass is 434 g/mol. The second kappa shape index (κ2) is 7.83. The summed E-state index contributed by atoms with van der Waals surface area (Å²) in [6.07, 6.45) is 8.50. The highest BCUT2D eigenvalue weighted by Crippen LogP contribution is 2.30. The van der Waals surface area contributed by atoms with Crippen molar-refractivity contribution in [3.63, 3.8) is 0 Å². The summed E-state index contributed by atoms with van der Waals surface area (Å²) in [4.78, 5) is 0. The lowest BCUT2D eigenvalue weighted by molar-refractivity contribution is -0.671. The van der Waals surface area contributed by atoms with E-state index in [-0.39, 0.29) is 24.0 Å². The molecule has 24 heavy (non-hydrogen) atoms. The molecular formula is C20H23IN2O. The summed E-state index contributed by atoms with van der Waals surface area (Å²) >= 11 is 0. The molecule has 0 radical (unpaired) electrons. The maximum Gasteiger partial charge on any atom is 0.169 e. The third-order valence-electron chi connectivity index (χ3n) is 4.34. The fraction of sp³-hybridized carbons (Fsp3) is 0.250. The molecule has 0 bridgehead atoms. The Kier molecular flexibility index (Phi) is 6.04. The lowest BCUT2D eigenvalue weighted by atomic mass is 10.1. The fourth-order valence-corrected chi connectivity index (χ4v) is 3.04. The van der Waals surface area contributed by atoms with Crippen molar-refractivity contribution in [1.82, 2.24) is 4.57 Å². The van der Waals surface area contributed by atoms with Crippen LogP contribution in [0, 0.1) is 6.92 Å². The lowest BCUT2D eigenvalue weighted by Gasteiger charge is -2.04. The van der Waals surface area contributed by atoms with Crippen molar-refractivity contribution in [2.24, 2.45) is 7.05 Å². The number of ether oxygens (including phenoxy) is 1. The van der Waals surface area contributed by atoms with Crippen LogP contribution in [0.1, 0.15) is 23.7 Å². The zero-order valence-corrected chi connectivity index (χ0v) is 16.7. The first-order chi connectivity index (χ1) is 11.1. The van der Waals surface area contributed by atoms with Crippen molar-refractivity contribution < 1.29 is 33.3 Å². The number of pyridine rings is 1. The molecule has 2 heterocycles. The Labute approximate surface area is 160 Å². The highest BCUT2D eigenvalue weighted by Gasteiger charge is 2.12. The smallest absolute Gasteiger partial charge is 0.169 e. The Morgan fingerprint density at radius 3 is 2.46 bits per heavy atom. The summed E-state index contributed by atoms with van der Waals surface area (Å²) in [5.41, 5.74) is 5.00. The molecule has 3 nitrogen and oxygen atoms in total. The van der Waals surface area contributed by atoms with E-state index in [1.165, 1.54) is 27.7 Å². The van der Waals surface area contributed by atoms with Gasteiger partial charge in [-0.05, 0) is 37.6 Å². The Balaban J connectivity index is 0.00000208. The van der Waals surface area contributed by atoms with E-state index < -0.39 is 0 Å².